The van der Waals surface area contributed by atoms with E-state index in [0.717, 1.165) is 18.7 Å². The van der Waals surface area contributed by atoms with E-state index in [1.165, 1.54) is 0 Å². The minimum absolute atomic E-state index is 0.265. The molecule has 0 aliphatic heterocycles. The lowest BCUT2D eigenvalue weighted by Gasteiger charge is -2.19. The minimum atomic E-state index is -0.265. The highest BCUT2D eigenvalue weighted by atomic mass is 16.3. The van der Waals surface area contributed by atoms with Gasteiger partial charge in [0.1, 0.15) is 5.82 Å². The third kappa shape index (κ3) is 3.22. The Morgan fingerprint density at radius 3 is 2.79 bits per heavy atom. The summed E-state index contributed by atoms with van der Waals surface area (Å²) in [5, 5.41) is 9.13. The van der Waals surface area contributed by atoms with E-state index in [0.29, 0.717) is 5.82 Å². The second-order valence-corrected chi connectivity index (χ2v) is 3.50. The highest BCUT2D eigenvalue weighted by Crippen LogP contribution is 2.12. The zero-order chi connectivity index (χ0) is 10.6. The Hall–Kier alpha value is -1.29. The van der Waals surface area contributed by atoms with Crippen LogP contribution in [0.25, 0.3) is 0 Å². The smallest absolute Gasteiger partial charge is 0.123 e. The Labute approximate surface area is 84.4 Å². The lowest BCUT2D eigenvalue weighted by Crippen LogP contribution is -2.21. The highest BCUT2D eigenvalue weighted by molar-refractivity contribution is 5.47. The average molecular weight is 195 g/mol. The van der Waals surface area contributed by atoms with Crippen molar-refractivity contribution in [2.24, 2.45) is 0 Å². The molecule has 0 saturated heterocycles. The number of aromatic nitrogens is 1. The van der Waals surface area contributed by atoms with Crippen molar-refractivity contribution >= 4 is 11.5 Å². The van der Waals surface area contributed by atoms with E-state index < -0.39 is 0 Å². The van der Waals surface area contributed by atoms with Crippen LogP contribution < -0.4 is 10.6 Å². The number of nitrogens with two attached hydrogens (primary N) is 1. The lowest BCUT2D eigenvalue weighted by molar-refractivity contribution is 0.187. The molecule has 4 heteroatoms. The predicted molar refractivity (Wildman–Crippen MR) is 58.2 cm³/mol. The number of aliphatic hydroxyl groups is 1. The topological polar surface area (TPSA) is 62.4 Å². The van der Waals surface area contributed by atoms with E-state index in [9.17, 15) is 0 Å². The summed E-state index contributed by atoms with van der Waals surface area (Å²) < 4.78 is 0. The first-order chi connectivity index (χ1) is 6.59. The summed E-state index contributed by atoms with van der Waals surface area (Å²) in [4.78, 5) is 6.04. The molecule has 1 unspecified atom stereocenters. The molecule has 0 aliphatic rings. The van der Waals surface area contributed by atoms with E-state index in [4.69, 9.17) is 10.8 Å². The third-order valence-corrected chi connectivity index (χ3v) is 2.09. The quantitative estimate of drug-likeness (QED) is 0.748. The van der Waals surface area contributed by atoms with Crippen LogP contribution >= 0.6 is 0 Å². The molecule has 0 fully saturated rings. The third-order valence-electron chi connectivity index (χ3n) is 2.09. The van der Waals surface area contributed by atoms with Crippen molar-refractivity contribution in [3.05, 3.63) is 18.3 Å². The van der Waals surface area contributed by atoms with Crippen molar-refractivity contribution < 1.29 is 5.11 Å². The molecular formula is C10H17N3O. The standard InChI is InChI=1S/C10H17N3O/c1-8(14)5-6-13(2)9-3-4-10(11)12-7-9/h3-4,7-8,14H,5-6H2,1-2H3,(H2,11,12). The number of nitrogen functional groups attached to an aromatic ring is 1. The molecule has 1 atom stereocenters. The maximum Gasteiger partial charge on any atom is 0.123 e. The van der Waals surface area contributed by atoms with E-state index in [2.05, 4.69) is 4.98 Å². The number of anilines is 2. The Bertz CT molecular complexity index is 271. The van der Waals surface area contributed by atoms with Crippen LogP contribution in [0.3, 0.4) is 0 Å². The number of hydrogen-bond acceptors (Lipinski definition) is 4. The molecule has 3 N–H and O–H groups in total. The number of hydrogen-bond donors (Lipinski definition) is 2. The molecule has 0 aliphatic carbocycles. The highest BCUT2D eigenvalue weighted by Gasteiger charge is 2.02. The van der Waals surface area contributed by atoms with Gasteiger partial charge in [0.25, 0.3) is 0 Å². The molecule has 1 heterocycles. The van der Waals surface area contributed by atoms with Gasteiger partial charge in [-0.2, -0.15) is 0 Å². The van der Waals surface area contributed by atoms with Crippen molar-refractivity contribution in [1.29, 1.82) is 0 Å². The van der Waals surface area contributed by atoms with Gasteiger partial charge >= 0.3 is 0 Å². The summed E-state index contributed by atoms with van der Waals surface area (Å²) in [6.07, 6.45) is 2.22. The summed E-state index contributed by atoms with van der Waals surface area (Å²) in [6, 6.07) is 3.69. The molecule has 0 bridgehead atoms. The van der Waals surface area contributed by atoms with Crippen LogP contribution in [0.2, 0.25) is 0 Å². The molecule has 0 radical (unpaired) electrons. The van der Waals surface area contributed by atoms with Gasteiger partial charge in [0, 0.05) is 13.6 Å². The zero-order valence-electron chi connectivity index (χ0n) is 8.64. The van der Waals surface area contributed by atoms with Gasteiger partial charge in [0.15, 0.2) is 0 Å². The van der Waals surface area contributed by atoms with Crippen LogP contribution in [-0.4, -0.2) is 29.8 Å². The van der Waals surface area contributed by atoms with Crippen molar-refractivity contribution in [2.45, 2.75) is 19.4 Å². The summed E-state index contributed by atoms with van der Waals surface area (Å²) >= 11 is 0. The van der Waals surface area contributed by atoms with Crippen molar-refractivity contribution in [1.82, 2.24) is 4.98 Å². The van der Waals surface area contributed by atoms with Gasteiger partial charge in [-0.25, -0.2) is 4.98 Å². The number of nitrogens with zero attached hydrogens (tertiary/aromatic N) is 2. The molecule has 0 aromatic carbocycles. The zero-order valence-corrected chi connectivity index (χ0v) is 8.64. The summed E-state index contributed by atoms with van der Waals surface area (Å²) in [5.74, 6) is 0.526. The minimum Gasteiger partial charge on any atom is -0.393 e. The van der Waals surface area contributed by atoms with Crippen LogP contribution in [-0.2, 0) is 0 Å². The molecule has 78 valence electrons. The molecule has 4 nitrogen and oxygen atoms in total. The van der Waals surface area contributed by atoms with E-state index in [-0.39, 0.29) is 6.10 Å². The largest absolute Gasteiger partial charge is 0.393 e. The van der Waals surface area contributed by atoms with Crippen molar-refractivity contribution in [3.63, 3.8) is 0 Å². The SMILES string of the molecule is CC(O)CCN(C)c1ccc(N)nc1. The van der Waals surface area contributed by atoms with E-state index in [1.807, 2.05) is 18.0 Å². The summed E-state index contributed by atoms with van der Waals surface area (Å²) in [7, 11) is 1.97. The normalized spacial score (nSPS) is 12.5. The fourth-order valence-electron chi connectivity index (χ4n) is 1.13. The monoisotopic (exact) mass is 195 g/mol. The van der Waals surface area contributed by atoms with Gasteiger partial charge in [0.2, 0.25) is 0 Å². The second kappa shape index (κ2) is 4.81. The molecule has 1 aromatic rings. The van der Waals surface area contributed by atoms with Gasteiger partial charge in [-0.3, -0.25) is 0 Å². The second-order valence-electron chi connectivity index (χ2n) is 3.50. The number of pyridine rings is 1. The first-order valence-electron chi connectivity index (χ1n) is 4.70. The van der Waals surface area contributed by atoms with Crippen LogP contribution in [0.15, 0.2) is 18.3 Å². The predicted octanol–water partition coefficient (Wildman–Crippen LogP) is 0.871. The first-order valence-corrected chi connectivity index (χ1v) is 4.70. The average Bonchev–Trinajstić information content (AvgIpc) is 2.15. The fraction of sp³-hybridized carbons (Fsp3) is 0.500. The van der Waals surface area contributed by atoms with E-state index >= 15 is 0 Å². The molecule has 0 amide bonds. The van der Waals surface area contributed by atoms with E-state index in [1.54, 1.807) is 19.2 Å². The van der Waals surface area contributed by atoms with Crippen LogP contribution in [0.4, 0.5) is 11.5 Å². The van der Waals surface area contributed by atoms with Crippen molar-refractivity contribution in [3.8, 4) is 0 Å². The van der Waals surface area contributed by atoms with Gasteiger partial charge in [-0.1, -0.05) is 0 Å². The van der Waals surface area contributed by atoms with Crippen LogP contribution in [0, 0.1) is 0 Å². The Kier molecular flexibility index (Phi) is 3.71. The van der Waals surface area contributed by atoms with Gasteiger partial charge < -0.3 is 15.7 Å². The Morgan fingerprint density at radius 2 is 2.29 bits per heavy atom. The molecule has 0 saturated carbocycles. The summed E-state index contributed by atoms with van der Waals surface area (Å²) in [5.41, 5.74) is 6.49. The van der Waals surface area contributed by atoms with Crippen LogP contribution in [0.1, 0.15) is 13.3 Å². The molecule has 1 aromatic heterocycles. The summed E-state index contributed by atoms with van der Waals surface area (Å²) in [6.45, 7) is 2.60. The maximum atomic E-state index is 9.13. The Morgan fingerprint density at radius 1 is 1.57 bits per heavy atom. The first kappa shape index (κ1) is 10.8. The maximum absolute atomic E-state index is 9.13. The molecular weight excluding hydrogens is 178 g/mol. The van der Waals surface area contributed by atoms with Crippen LogP contribution in [0.5, 0.6) is 0 Å². The van der Waals surface area contributed by atoms with Gasteiger partial charge in [-0.05, 0) is 25.5 Å². The molecule has 14 heavy (non-hydrogen) atoms. The Balaban J connectivity index is 2.52. The van der Waals surface area contributed by atoms with Gasteiger partial charge in [-0.15, -0.1) is 0 Å². The molecule has 0 spiro atoms. The van der Waals surface area contributed by atoms with Crippen molar-refractivity contribution in [2.75, 3.05) is 24.2 Å². The number of rotatable bonds is 4. The van der Waals surface area contributed by atoms with Gasteiger partial charge in [0.05, 0.1) is 18.0 Å². The number of aliphatic hydroxyl groups excluding tert-OH is 1. The molecule has 1 rings (SSSR count). The lowest BCUT2D eigenvalue weighted by atomic mass is 10.2. The fourth-order valence-corrected chi connectivity index (χ4v) is 1.13.